The summed E-state index contributed by atoms with van der Waals surface area (Å²) in [6.45, 7) is 2.37. The summed E-state index contributed by atoms with van der Waals surface area (Å²) < 4.78 is 26.0. The zero-order valence-electron chi connectivity index (χ0n) is 9.52. The number of rotatable bonds is 3. The van der Waals surface area contributed by atoms with Gasteiger partial charge in [0.15, 0.2) is 0 Å². The molecule has 1 atom stereocenters. The summed E-state index contributed by atoms with van der Waals surface area (Å²) in [6, 6.07) is 0.181. The standard InChI is InChI=1S/C10H20N2O2S2/c13-16(14,9-10-3-1-4-11-10)12-5-2-7-15-8-6-12/h10-11H,1-9H2. The van der Waals surface area contributed by atoms with Gasteiger partial charge in [-0.2, -0.15) is 11.8 Å². The van der Waals surface area contributed by atoms with Gasteiger partial charge in [0, 0.05) is 24.9 Å². The number of nitrogens with zero attached hydrogens (tertiary/aromatic N) is 1. The average Bonchev–Trinajstić information content (AvgIpc) is 2.56. The molecule has 0 amide bonds. The van der Waals surface area contributed by atoms with Gasteiger partial charge in [-0.3, -0.25) is 0 Å². The summed E-state index contributed by atoms with van der Waals surface area (Å²) >= 11 is 1.86. The van der Waals surface area contributed by atoms with Crippen molar-refractivity contribution in [3.05, 3.63) is 0 Å². The Balaban J connectivity index is 1.93. The maximum absolute atomic E-state index is 12.2. The van der Waals surface area contributed by atoms with Crippen molar-refractivity contribution in [3.8, 4) is 0 Å². The number of sulfonamides is 1. The molecule has 1 unspecified atom stereocenters. The Morgan fingerprint density at radius 1 is 1.25 bits per heavy atom. The van der Waals surface area contributed by atoms with Gasteiger partial charge in [-0.15, -0.1) is 0 Å². The molecular formula is C10H20N2O2S2. The van der Waals surface area contributed by atoms with Crippen LogP contribution in [0.4, 0.5) is 0 Å². The summed E-state index contributed by atoms with van der Waals surface area (Å²) in [5, 5.41) is 3.26. The summed E-state index contributed by atoms with van der Waals surface area (Å²) in [6.07, 6.45) is 3.10. The van der Waals surface area contributed by atoms with Crippen molar-refractivity contribution >= 4 is 21.8 Å². The van der Waals surface area contributed by atoms with Crippen LogP contribution in [0.5, 0.6) is 0 Å². The molecule has 0 saturated carbocycles. The zero-order valence-corrected chi connectivity index (χ0v) is 11.2. The topological polar surface area (TPSA) is 49.4 Å². The first-order valence-corrected chi connectivity index (χ1v) is 8.74. The van der Waals surface area contributed by atoms with Crippen LogP contribution in [0.1, 0.15) is 19.3 Å². The molecule has 0 aliphatic carbocycles. The van der Waals surface area contributed by atoms with Crippen LogP contribution in [-0.4, -0.2) is 55.7 Å². The fourth-order valence-corrected chi connectivity index (χ4v) is 5.04. The molecule has 4 nitrogen and oxygen atoms in total. The summed E-state index contributed by atoms with van der Waals surface area (Å²) in [5.74, 6) is 2.32. The molecular weight excluding hydrogens is 244 g/mol. The van der Waals surface area contributed by atoms with Crippen molar-refractivity contribution in [1.29, 1.82) is 0 Å². The highest BCUT2D eigenvalue weighted by Crippen LogP contribution is 2.16. The maximum atomic E-state index is 12.2. The van der Waals surface area contributed by atoms with Crippen LogP contribution in [0.15, 0.2) is 0 Å². The molecule has 0 spiro atoms. The van der Waals surface area contributed by atoms with Gasteiger partial charge in [-0.25, -0.2) is 12.7 Å². The van der Waals surface area contributed by atoms with E-state index in [1.54, 1.807) is 4.31 Å². The summed E-state index contributed by atoms with van der Waals surface area (Å²) in [4.78, 5) is 0. The fraction of sp³-hybridized carbons (Fsp3) is 1.00. The molecule has 0 bridgehead atoms. The van der Waals surface area contributed by atoms with E-state index in [1.165, 1.54) is 0 Å². The summed E-state index contributed by atoms with van der Waals surface area (Å²) in [7, 11) is -3.03. The van der Waals surface area contributed by atoms with Crippen molar-refractivity contribution in [2.75, 3.05) is 36.9 Å². The quantitative estimate of drug-likeness (QED) is 0.807. The Morgan fingerprint density at radius 3 is 2.88 bits per heavy atom. The molecule has 2 heterocycles. The highest BCUT2D eigenvalue weighted by atomic mass is 32.2. The van der Waals surface area contributed by atoms with Crippen LogP contribution in [0, 0.1) is 0 Å². The van der Waals surface area contributed by atoms with E-state index in [0.29, 0.717) is 13.1 Å². The molecule has 94 valence electrons. The third-order valence-electron chi connectivity index (χ3n) is 3.15. The molecule has 0 radical (unpaired) electrons. The van der Waals surface area contributed by atoms with E-state index in [2.05, 4.69) is 5.32 Å². The average molecular weight is 264 g/mol. The Bertz CT molecular complexity index is 305. The predicted octanol–water partition coefficient (Wildman–Crippen LogP) is 0.507. The van der Waals surface area contributed by atoms with Crippen molar-refractivity contribution in [1.82, 2.24) is 9.62 Å². The Labute approximate surface area is 102 Å². The molecule has 2 aliphatic rings. The lowest BCUT2D eigenvalue weighted by Gasteiger charge is -2.21. The largest absolute Gasteiger partial charge is 0.313 e. The second kappa shape index (κ2) is 5.71. The SMILES string of the molecule is O=S(=O)(CC1CCCN1)N1CCCSCC1. The van der Waals surface area contributed by atoms with Crippen LogP contribution in [0.2, 0.25) is 0 Å². The van der Waals surface area contributed by atoms with Crippen LogP contribution >= 0.6 is 11.8 Å². The monoisotopic (exact) mass is 264 g/mol. The first-order chi connectivity index (χ1) is 7.68. The second-order valence-electron chi connectivity index (χ2n) is 4.44. The second-order valence-corrected chi connectivity index (χ2v) is 7.68. The van der Waals surface area contributed by atoms with Gasteiger partial charge in [0.25, 0.3) is 0 Å². The molecule has 0 aromatic heterocycles. The lowest BCUT2D eigenvalue weighted by Crippen LogP contribution is -2.40. The highest BCUT2D eigenvalue weighted by molar-refractivity contribution is 7.99. The molecule has 2 saturated heterocycles. The van der Waals surface area contributed by atoms with Crippen molar-refractivity contribution in [2.24, 2.45) is 0 Å². The van der Waals surface area contributed by atoms with Gasteiger partial charge in [0.2, 0.25) is 10.0 Å². The van der Waals surface area contributed by atoms with Gasteiger partial charge in [-0.05, 0) is 31.6 Å². The molecule has 6 heteroatoms. The third-order valence-corrected chi connectivity index (χ3v) is 6.17. The van der Waals surface area contributed by atoms with Gasteiger partial charge >= 0.3 is 0 Å². The van der Waals surface area contributed by atoms with E-state index in [-0.39, 0.29) is 11.8 Å². The van der Waals surface area contributed by atoms with Gasteiger partial charge in [0.05, 0.1) is 5.75 Å². The minimum Gasteiger partial charge on any atom is -0.313 e. The Hall–Kier alpha value is 0.220. The number of hydrogen-bond donors (Lipinski definition) is 1. The van der Waals surface area contributed by atoms with Crippen molar-refractivity contribution < 1.29 is 8.42 Å². The third kappa shape index (κ3) is 3.35. The molecule has 16 heavy (non-hydrogen) atoms. The van der Waals surface area contributed by atoms with Crippen molar-refractivity contribution in [3.63, 3.8) is 0 Å². The van der Waals surface area contributed by atoms with E-state index >= 15 is 0 Å². The van der Waals surface area contributed by atoms with Gasteiger partial charge < -0.3 is 5.32 Å². The van der Waals surface area contributed by atoms with Crippen LogP contribution in [0.25, 0.3) is 0 Å². The number of nitrogens with one attached hydrogen (secondary N) is 1. The molecule has 0 aromatic carbocycles. The molecule has 1 N–H and O–H groups in total. The van der Waals surface area contributed by atoms with Gasteiger partial charge in [0.1, 0.15) is 0 Å². The normalized spacial score (nSPS) is 29.1. The Kier molecular flexibility index (Phi) is 4.52. The molecule has 2 fully saturated rings. The van der Waals surface area contributed by atoms with E-state index < -0.39 is 10.0 Å². The lowest BCUT2D eigenvalue weighted by atomic mass is 10.3. The van der Waals surface area contributed by atoms with Crippen LogP contribution in [0.3, 0.4) is 0 Å². The zero-order chi connectivity index (χ0) is 11.4. The first-order valence-electron chi connectivity index (χ1n) is 5.97. The fourth-order valence-electron chi connectivity index (χ4n) is 2.26. The van der Waals surface area contributed by atoms with Gasteiger partial charge in [-0.1, -0.05) is 0 Å². The smallest absolute Gasteiger partial charge is 0.215 e. The Morgan fingerprint density at radius 2 is 2.12 bits per heavy atom. The van der Waals surface area contributed by atoms with E-state index in [9.17, 15) is 8.42 Å². The minimum atomic E-state index is -3.03. The minimum absolute atomic E-state index is 0.181. The number of thioether (sulfide) groups is 1. The lowest BCUT2D eigenvalue weighted by molar-refractivity contribution is 0.430. The molecule has 0 aromatic rings. The van der Waals surface area contributed by atoms with E-state index in [1.807, 2.05) is 11.8 Å². The molecule has 2 aliphatic heterocycles. The van der Waals surface area contributed by atoms with E-state index in [4.69, 9.17) is 0 Å². The van der Waals surface area contributed by atoms with Crippen LogP contribution in [-0.2, 0) is 10.0 Å². The molecule has 2 rings (SSSR count). The number of hydrogen-bond acceptors (Lipinski definition) is 4. The van der Waals surface area contributed by atoms with Crippen molar-refractivity contribution in [2.45, 2.75) is 25.3 Å². The first kappa shape index (κ1) is 12.7. The van der Waals surface area contributed by atoms with Crippen LogP contribution < -0.4 is 5.32 Å². The highest BCUT2D eigenvalue weighted by Gasteiger charge is 2.27. The summed E-state index contributed by atoms with van der Waals surface area (Å²) in [5.41, 5.74) is 0. The maximum Gasteiger partial charge on any atom is 0.215 e. The van der Waals surface area contributed by atoms with E-state index in [0.717, 1.165) is 37.3 Å². The predicted molar refractivity (Wildman–Crippen MR) is 68.3 cm³/mol.